The number of carbonyl (C=O) groups is 2. The van der Waals surface area contributed by atoms with Crippen molar-refractivity contribution in [2.45, 2.75) is 50.0 Å². The van der Waals surface area contributed by atoms with Gasteiger partial charge in [0.2, 0.25) is 21.8 Å². The van der Waals surface area contributed by atoms with Crippen LogP contribution in [-0.2, 0) is 30.8 Å². The number of benzene rings is 3. The van der Waals surface area contributed by atoms with E-state index < -0.39 is 16.1 Å². The molecule has 6 rings (SSSR count). The fourth-order valence-corrected chi connectivity index (χ4v) is 8.00. The quantitative estimate of drug-likeness (QED) is 0.171. The molecule has 0 spiro atoms. The van der Waals surface area contributed by atoms with Gasteiger partial charge in [-0.2, -0.15) is 4.31 Å². The van der Waals surface area contributed by atoms with E-state index in [9.17, 15) is 22.8 Å². The first-order valence-electron chi connectivity index (χ1n) is 16.4. The van der Waals surface area contributed by atoms with Gasteiger partial charge in [0.05, 0.1) is 29.0 Å². The normalized spacial score (nSPS) is 19.5. The molecule has 1 aliphatic carbocycles. The van der Waals surface area contributed by atoms with Crippen LogP contribution in [0.3, 0.4) is 0 Å². The Morgan fingerprint density at radius 1 is 0.979 bits per heavy atom. The van der Waals surface area contributed by atoms with Crippen molar-refractivity contribution >= 4 is 38.4 Å². The Balaban J connectivity index is 1.21. The summed E-state index contributed by atoms with van der Waals surface area (Å²) in [5.74, 6) is -0.292. The fraction of sp³-hybridized carbons (Fsp3) is 0.400. The first-order chi connectivity index (χ1) is 23.1. The Bertz CT molecular complexity index is 1940. The van der Waals surface area contributed by atoms with Gasteiger partial charge in [0.25, 0.3) is 5.56 Å². The lowest BCUT2D eigenvalue weighted by Crippen LogP contribution is -2.48. The molecule has 1 saturated heterocycles. The molecule has 254 valence electrons. The summed E-state index contributed by atoms with van der Waals surface area (Å²) in [5, 5.41) is 11.7. The second-order valence-electron chi connectivity index (χ2n) is 12.7. The van der Waals surface area contributed by atoms with E-state index in [-0.39, 0.29) is 34.6 Å². The molecule has 0 bridgehead atoms. The first-order valence-corrected chi connectivity index (χ1v) is 17.9. The van der Waals surface area contributed by atoms with E-state index in [0.29, 0.717) is 55.4 Å². The van der Waals surface area contributed by atoms with Crippen LogP contribution < -0.4 is 21.9 Å². The highest BCUT2D eigenvalue weighted by Gasteiger charge is 2.30. The molecule has 13 heteroatoms. The number of morpholine rings is 1. The number of ether oxygens (including phenoxy) is 1. The number of aromatic nitrogens is 2. The van der Waals surface area contributed by atoms with Crippen LogP contribution in [0.1, 0.15) is 36.8 Å². The van der Waals surface area contributed by atoms with Crippen molar-refractivity contribution < 1.29 is 22.7 Å². The molecule has 1 aliphatic heterocycles. The highest BCUT2D eigenvalue weighted by molar-refractivity contribution is 7.89. The lowest BCUT2D eigenvalue weighted by Gasteiger charge is -2.28. The van der Waals surface area contributed by atoms with Crippen molar-refractivity contribution in [3.63, 3.8) is 0 Å². The van der Waals surface area contributed by atoms with Crippen LogP contribution in [0.5, 0.6) is 0 Å². The molecule has 4 aromatic rings. The zero-order chi connectivity index (χ0) is 33.8. The van der Waals surface area contributed by atoms with E-state index in [1.807, 2.05) is 37.3 Å². The number of H-pyrrole nitrogens is 2. The summed E-state index contributed by atoms with van der Waals surface area (Å²) >= 11 is 0. The van der Waals surface area contributed by atoms with Gasteiger partial charge in [-0.3, -0.25) is 24.6 Å². The number of hydrogen-bond acceptors (Lipinski definition) is 7. The molecule has 2 aliphatic rings. The van der Waals surface area contributed by atoms with Crippen molar-refractivity contribution in [1.82, 2.24) is 19.8 Å². The van der Waals surface area contributed by atoms with Crippen LogP contribution >= 0.6 is 0 Å². The summed E-state index contributed by atoms with van der Waals surface area (Å²) in [7, 11) is -3.66. The Morgan fingerprint density at radius 3 is 2.42 bits per heavy atom. The zero-order valence-electron chi connectivity index (χ0n) is 27.0. The Labute approximate surface area is 279 Å². The van der Waals surface area contributed by atoms with Crippen LogP contribution in [0.25, 0.3) is 22.0 Å². The number of nitrogens with zero attached hydrogens (tertiary/aromatic N) is 1. The number of aryl methyl sites for hydroxylation is 1. The van der Waals surface area contributed by atoms with E-state index in [1.165, 1.54) is 4.31 Å². The molecule has 2 fully saturated rings. The van der Waals surface area contributed by atoms with Gasteiger partial charge in [0, 0.05) is 31.1 Å². The summed E-state index contributed by atoms with van der Waals surface area (Å²) in [6.45, 7) is 3.93. The van der Waals surface area contributed by atoms with Crippen LogP contribution in [0, 0.1) is 18.8 Å². The topological polar surface area (TPSA) is 179 Å². The Morgan fingerprint density at radius 2 is 1.71 bits per heavy atom. The summed E-state index contributed by atoms with van der Waals surface area (Å²) in [5.41, 5.74) is 10.0. The molecule has 1 aromatic heterocycles. The minimum Gasteiger partial charge on any atom is -0.379 e. The van der Waals surface area contributed by atoms with Gasteiger partial charge in [-0.05, 0) is 97.7 Å². The zero-order valence-corrected chi connectivity index (χ0v) is 27.8. The van der Waals surface area contributed by atoms with Crippen LogP contribution in [0.4, 0.5) is 5.69 Å². The second-order valence-corrected chi connectivity index (χ2v) is 14.7. The lowest BCUT2D eigenvalue weighted by molar-refractivity contribution is -0.130. The monoisotopic (exact) mass is 674 g/mol. The molecule has 0 radical (unpaired) electrons. The van der Waals surface area contributed by atoms with Gasteiger partial charge >= 0.3 is 0 Å². The number of anilines is 1. The van der Waals surface area contributed by atoms with Crippen molar-refractivity contribution in [1.29, 1.82) is 0 Å². The average Bonchev–Trinajstić information content (AvgIpc) is 3.48. The third-order valence-electron chi connectivity index (χ3n) is 9.55. The van der Waals surface area contributed by atoms with Crippen molar-refractivity contribution in [2.75, 3.05) is 38.2 Å². The van der Waals surface area contributed by atoms with Crippen LogP contribution in [-0.4, -0.2) is 73.6 Å². The fourth-order valence-electron chi connectivity index (χ4n) is 6.57. The standard InChI is InChI=1S/C35H42N6O6S/c1-22-2-12-28(48(45,46)41-14-16-47-17-15-41)20-30(22)25-7-3-23(4-8-25)18-32(38-33(42)26-9-5-24(21-36)6-10-26)35(44)37-27-11-13-29-31(19-27)39-40-34(29)43/h2-4,7-8,11-13,19-20,24,26,32H,5-6,9-10,14-18,21,36H2,1H3,(H,37,44)(H,38,42)(H2,39,40,43)/t24-,26-,32-/m0/s1. The van der Waals surface area contributed by atoms with Gasteiger partial charge in [0.1, 0.15) is 6.04 Å². The maximum Gasteiger partial charge on any atom is 0.271 e. The van der Waals surface area contributed by atoms with Crippen LogP contribution in [0.15, 0.2) is 70.4 Å². The molecule has 2 heterocycles. The Hall–Kier alpha value is -4.30. The molecule has 6 N–H and O–H groups in total. The molecule has 3 aromatic carbocycles. The van der Waals surface area contributed by atoms with E-state index in [2.05, 4.69) is 20.8 Å². The molecule has 2 amide bonds. The van der Waals surface area contributed by atoms with E-state index in [4.69, 9.17) is 10.5 Å². The number of fused-ring (bicyclic) bond motifs is 1. The first kappa shape index (κ1) is 33.6. The second kappa shape index (κ2) is 14.4. The van der Waals surface area contributed by atoms with Crippen molar-refractivity contribution in [2.24, 2.45) is 17.6 Å². The number of sulfonamides is 1. The molecule has 0 unspecified atom stereocenters. The highest BCUT2D eigenvalue weighted by atomic mass is 32.2. The number of carbonyl (C=O) groups excluding carboxylic acids is 2. The highest BCUT2D eigenvalue weighted by Crippen LogP contribution is 2.30. The minimum atomic E-state index is -3.66. The number of hydrogen-bond donors (Lipinski definition) is 5. The van der Waals surface area contributed by atoms with E-state index >= 15 is 0 Å². The summed E-state index contributed by atoms with van der Waals surface area (Å²) < 4.78 is 33.4. The molecule has 1 saturated carbocycles. The predicted molar refractivity (Wildman–Crippen MR) is 184 cm³/mol. The number of amides is 2. The van der Waals surface area contributed by atoms with Gasteiger partial charge in [-0.15, -0.1) is 0 Å². The lowest BCUT2D eigenvalue weighted by atomic mass is 9.81. The SMILES string of the molecule is Cc1ccc(S(=O)(=O)N2CCOCC2)cc1-c1ccc(C[C@H](NC(=O)[C@H]2CC[C@H](CN)CC2)C(=O)Nc2ccc3c(=O)[nH][nH]c3c2)cc1. The molecule has 1 atom stereocenters. The third kappa shape index (κ3) is 7.39. The van der Waals surface area contributed by atoms with Crippen LogP contribution in [0.2, 0.25) is 0 Å². The molecule has 12 nitrogen and oxygen atoms in total. The number of aromatic amines is 2. The number of nitrogens with two attached hydrogens (primary N) is 1. The van der Waals surface area contributed by atoms with Crippen molar-refractivity contribution in [3.8, 4) is 11.1 Å². The average molecular weight is 675 g/mol. The van der Waals surface area contributed by atoms with Gasteiger partial charge < -0.3 is 21.1 Å². The summed E-state index contributed by atoms with van der Waals surface area (Å²) in [6, 6.07) is 16.9. The molecule has 48 heavy (non-hydrogen) atoms. The Kier molecular flexibility index (Phi) is 10.1. The largest absolute Gasteiger partial charge is 0.379 e. The van der Waals surface area contributed by atoms with E-state index in [0.717, 1.165) is 47.9 Å². The van der Waals surface area contributed by atoms with Gasteiger partial charge in [0.15, 0.2) is 0 Å². The maximum absolute atomic E-state index is 13.7. The smallest absolute Gasteiger partial charge is 0.271 e. The van der Waals surface area contributed by atoms with E-state index in [1.54, 1.807) is 30.3 Å². The number of nitrogens with one attached hydrogen (secondary N) is 4. The number of rotatable bonds is 10. The third-order valence-corrected chi connectivity index (χ3v) is 11.4. The molecular formula is C35H42N6O6S. The summed E-state index contributed by atoms with van der Waals surface area (Å²) in [6.07, 6.45) is 3.47. The van der Waals surface area contributed by atoms with Crippen molar-refractivity contribution in [3.05, 3.63) is 82.1 Å². The van der Waals surface area contributed by atoms with Gasteiger partial charge in [-0.1, -0.05) is 30.3 Å². The van der Waals surface area contributed by atoms with Gasteiger partial charge in [-0.25, -0.2) is 8.42 Å². The predicted octanol–water partition coefficient (Wildman–Crippen LogP) is 3.28. The maximum atomic E-state index is 13.7. The minimum absolute atomic E-state index is 0.151. The molecular weight excluding hydrogens is 632 g/mol. The summed E-state index contributed by atoms with van der Waals surface area (Å²) in [4.78, 5) is 39.3.